The zero-order chi connectivity index (χ0) is 20.9. The van der Waals surface area contributed by atoms with Crippen LogP contribution in [-0.4, -0.2) is 52.4 Å². The number of hydrogen-bond acceptors (Lipinski definition) is 5. The Balaban J connectivity index is 1.50. The van der Waals surface area contributed by atoms with Crippen LogP contribution in [0.2, 0.25) is 0 Å². The molecule has 1 saturated heterocycles. The van der Waals surface area contributed by atoms with Crippen LogP contribution in [-0.2, 0) is 17.5 Å². The van der Waals surface area contributed by atoms with Gasteiger partial charge in [0.25, 0.3) is 0 Å². The van der Waals surface area contributed by atoms with E-state index in [0.717, 1.165) is 12.3 Å². The zero-order valence-electron chi connectivity index (χ0n) is 15.2. The monoisotopic (exact) mass is 430 g/mol. The van der Waals surface area contributed by atoms with Crippen molar-refractivity contribution in [1.82, 2.24) is 20.2 Å². The summed E-state index contributed by atoms with van der Waals surface area (Å²) in [6.45, 7) is 1.45. The molecule has 0 amide bonds. The third-order valence-electron chi connectivity index (χ3n) is 4.14. The summed E-state index contributed by atoms with van der Waals surface area (Å²) in [6.07, 6.45) is -4.02. The summed E-state index contributed by atoms with van der Waals surface area (Å²) >= 11 is 5.35. The fraction of sp³-hybridized carbons (Fsp3) is 0.389. The Kier molecular flexibility index (Phi) is 6.80. The Labute approximate surface area is 169 Å². The Morgan fingerprint density at radius 2 is 2.10 bits per heavy atom. The molecule has 3 rings (SSSR count). The van der Waals surface area contributed by atoms with Crippen molar-refractivity contribution in [3.63, 3.8) is 0 Å². The summed E-state index contributed by atoms with van der Waals surface area (Å²) in [5.74, 6) is -0.322. The Morgan fingerprint density at radius 1 is 1.31 bits per heavy atom. The van der Waals surface area contributed by atoms with Crippen LogP contribution < -0.4 is 10.1 Å². The molecule has 0 bridgehead atoms. The first-order valence-corrected chi connectivity index (χ1v) is 9.14. The zero-order valence-corrected chi connectivity index (χ0v) is 16.0. The maximum atomic E-state index is 13.7. The normalized spacial score (nSPS) is 17.1. The van der Waals surface area contributed by atoms with E-state index >= 15 is 0 Å². The van der Waals surface area contributed by atoms with E-state index < -0.39 is 18.0 Å². The Bertz CT molecular complexity index is 853. The van der Waals surface area contributed by atoms with Crippen LogP contribution in [0.15, 0.2) is 36.5 Å². The fourth-order valence-corrected chi connectivity index (χ4v) is 2.90. The van der Waals surface area contributed by atoms with Gasteiger partial charge in [-0.1, -0.05) is 18.2 Å². The summed E-state index contributed by atoms with van der Waals surface area (Å²) in [5.41, 5.74) is -0.586. The van der Waals surface area contributed by atoms with E-state index in [1.165, 1.54) is 6.07 Å². The third kappa shape index (κ3) is 5.97. The average Bonchev–Trinajstić information content (AvgIpc) is 2.71. The van der Waals surface area contributed by atoms with Crippen molar-refractivity contribution < 1.29 is 27.0 Å². The first kappa shape index (κ1) is 21.2. The summed E-state index contributed by atoms with van der Waals surface area (Å²) < 4.78 is 62.6. The van der Waals surface area contributed by atoms with Gasteiger partial charge >= 0.3 is 12.2 Å². The van der Waals surface area contributed by atoms with Crippen LogP contribution in [0.3, 0.4) is 0 Å². The predicted octanol–water partition coefficient (Wildman–Crippen LogP) is 2.79. The first-order chi connectivity index (χ1) is 13.8. The van der Waals surface area contributed by atoms with Crippen LogP contribution in [0.4, 0.5) is 17.6 Å². The molecule has 2 aromatic rings. The van der Waals surface area contributed by atoms with Crippen molar-refractivity contribution in [2.24, 2.45) is 0 Å². The van der Waals surface area contributed by atoms with Crippen LogP contribution in [0.5, 0.6) is 6.01 Å². The molecule has 0 radical (unpaired) electrons. The summed E-state index contributed by atoms with van der Waals surface area (Å²) in [7, 11) is 0. The number of morpholine rings is 1. The second kappa shape index (κ2) is 9.31. The molecular weight excluding hydrogens is 412 g/mol. The molecule has 0 spiro atoms. The topological polar surface area (TPSA) is 59.5 Å². The molecule has 1 fully saturated rings. The second-order valence-electron chi connectivity index (χ2n) is 6.22. The molecule has 2 heterocycles. The van der Waals surface area contributed by atoms with Gasteiger partial charge in [-0.25, -0.2) is 9.37 Å². The van der Waals surface area contributed by atoms with E-state index in [1.54, 1.807) is 18.2 Å². The molecule has 11 heteroatoms. The minimum absolute atomic E-state index is 0.0340. The van der Waals surface area contributed by atoms with Gasteiger partial charge in [-0.3, -0.25) is 0 Å². The molecular formula is C18H18F4N4O2S. The number of nitrogens with one attached hydrogen (secondary N) is 1. The summed E-state index contributed by atoms with van der Waals surface area (Å²) in [4.78, 5) is 8.87. The second-order valence-corrected chi connectivity index (χ2v) is 6.61. The van der Waals surface area contributed by atoms with Gasteiger partial charge in [0.2, 0.25) is 0 Å². The van der Waals surface area contributed by atoms with Gasteiger partial charge in [0.1, 0.15) is 18.5 Å². The highest BCUT2D eigenvalue weighted by Gasteiger charge is 2.33. The lowest BCUT2D eigenvalue weighted by Gasteiger charge is -2.34. The van der Waals surface area contributed by atoms with E-state index in [9.17, 15) is 17.6 Å². The van der Waals surface area contributed by atoms with Gasteiger partial charge in [-0.2, -0.15) is 18.2 Å². The van der Waals surface area contributed by atoms with Crippen molar-refractivity contribution in [3.05, 3.63) is 53.6 Å². The summed E-state index contributed by atoms with van der Waals surface area (Å²) in [6, 6.07) is 6.78. The number of halogens is 4. The van der Waals surface area contributed by atoms with Crippen LogP contribution in [0.25, 0.3) is 0 Å². The van der Waals surface area contributed by atoms with Gasteiger partial charge in [0.05, 0.1) is 6.61 Å². The van der Waals surface area contributed by atoms with Crippen LogP contribution in [0.1, 0.15) is 11.3 Å². The fourth-order valence-electron chi connectivity index (χ4n) is 2.66. The number of rotatable bonds is 5. The first-order valence-electron chi connectivity index (χ1n) is 8.74. The lowest BCUT2D eigenvalue weighted by molar-refractivity contribution is -0.141. The molecule has 1 unspecified atom stereocenters. The standard InChI is InChI=1S/C18H18F4N4O2S/c19-14-4-2-1-3-12(14)9-24-17(29)26-7-8-27-13(10-26)11-28-16-23-6-5-15(25-16)18(20,21)22/h1-6,13H,7-11H2,(H,24,29). The van der Waals surface area contributed by atoms with Crippen molar-refractivity contribution in [1.29, 1.82) is 0 Å². The highest BCUT2D eigenvalue weighted by Crippen LogP contribution is 2.27. The third-order valence-corrected chi connectivity index (χ3v) is 4.54. The number of ether oxygens (including phenoxy) is 2. The van der Waals surface area contributed by atoms with Crippen molar-refractivity contribution in [3.8, 4) is 6.01 Å². The number of alkyl halides is 3. The largest absolute Gasteiger partial charge is 0.461 e. The SMILES string of the molecule is Fc1ccccc1CNC(=S)N1CCOC(COc2nccc(C(F)(F)F)n2)C1. The van der Waals surface area contributed by atoms with Crippen molar-refractivity contribution in [2.75, 3.05) is 26.3 Å². The van der Waals surface area contributed by atoms with Gasteiger partial charge in [0.15, 0.2) is 10.8 Å². The van der Waals surface area contributed by atoms with E-state index in [-0.39, 0.29) is 25.0 Å². The van der Waals surface area contributed by atoms with Gasteiger partial charge in [0, 0.05) is 31.4 Å². The number of nitrogens with zero attached hydrogens (tertiary/aromatic N) is 3. The molecule has 0 aliphatic carbocycles. The molecule has 1 aromatic heterocycles. The van der Waals surface area contributed by atoms with Crippen LogP contribution in [0, 0.1) is 5.82 Å². The molecule has 6 nitrogen and oxygen atoms in total. The number of thiocarbonyl (C=S) groups is 1. The van der Waals surface area contributed by atoms with E-state index in [0.29, 0.717) is 30.4 Å². The average molecular weight is 430 g/mol. The molecule has 1 atom stereocenters. The molecule has 1 aliphatic heterocycles. The molecule has 0 saturated carbocycles. The maximum absolute atomic E-state index is 13.7. The highest BCUT2D eigenvalue weighted by atomic mass is 32.1. The number of benzene rings is 1. The Hall–Kier alpha value is -2.53. The lowest BCUT2D eigenvalue weighted by Crippen LogP contribution is -2.50. The number of hydrogen-bond donors (Lipinski definition) is 1. The highest BCUT2D eigenvalue weighted by molar-refractivity contribution is 7.80. The smallest absolute Gasteiger partial charge is 0.433 e. The Morgan fingerprint density at radius 3 is 2.86 bits per heavy atom. The molecule has 1 aliphatic rings. The molecule has 1 N–H and O–H groups in total. The summed E-state index contributed by atoms with van der Waals surface area (Å²) in [5, 5.41) is 3.43. The molecule has 29 heavy (non-hydrogen) atoms. The van der Waals surface area contributed by atoms with Crippen molar-refractivity contribution >= 4 is 17.3 Å². The lowest BCUT2D eigenvalue weighted by atomic mass is 10.2. The van der Waals surface area contributed by atoms with E-state index in [1.807, 2.05) is 4.90 Å². The van der Waals surface area contributed by atoms with Gasteiger partial charge in [-0.15, -0.1) is 0 Å². The van der Waals surface area contributed by atoms with Crippen LogP contribution >= 0.6 is 12.2 Å². The van der Waals surface area contributed by atoms with Gasteiger partial charge < -0.3 is 19.7 Å². The minimum atomic E-state index is -4.57. The quantitative estimate of drug-likeness (QED) is 0.578. The van der Waals surface area contributed by atoms with Gasteiger partial charge in [-0.05, 0) is 24.4 Å². The van der Waals surface area contributed by atoms with Crippen molar-refractivity contribution in [2.45, 2.75) is 18.8 Å². The molecule has 156 valence electrons. The number of aromatic nitrogens is 2. The molecule has 1 aromatic carbocycles. The van der Waals surface area contributed by atoms with E-state index in [4.69, 9.17) is 21.7 Å². The maximum Gasteiger partial charge on any atom is 0.433 e. The minimum Gasteiger partial charge on any atom is -0.461 e. The predicted molar refractivity (Wildman–Crippen MR) is 99.7 cm³/mol. The van der Waals surface area contributed by atoms with E-state index in [2.05, 4.69) is 15.3 Å².